The molecule has 0 spiro atoms. The van der Waals surface area contributed by atoms with Crippen LogP contribution in [0.2, 0.25) is 0 Å². The second-order valence-electron chi connectivity index (χ2n) is 9.29. The first-order valence-corrected chi connectivity index (χ1v) is 12.4. The average Bonchev–Trinajstić information content (AvgIpc) is 2.77. The van der Waals surface area contributed by atoms with Gasteiger partial charge in [-0.1, -0.05) is 6.92 Å². The molecule has 0 aromatic carbocycles. The van der Waals surface area contributed by atoms with Gasteiger partial charge in [0.2, 0.25) is 11.8 Å². The summed E-state index contributed by atoms with van der Waals surface area (Å²) in [4.78, 5) is 46.2. The Morgan fingerprint density at radius 1 is 0.944 bits per heavy atom. The summed E-state index contributed by atoms with van der Waals surface area (Å²) in [6.07, 6.45) is 3.78. The number of hydrogen-bond acceptors (Lipinski definition) is 9. The number of carbonyl (C=O) groups excluding carboxylic acids is 2. The van der Waals surface area contributed by atoms with E-state index in [1.54, 1.807) is 6.20 Å². The van der Waals surface area contributed by atoms with E-state index in [0.29, 0.717) is 26.2 Å². The highest BCUT2D eigenvalue weighted by Crippen LogP contribution is 2.04. The molecule has 13 nitrogen and oxygen atoms in total. The number of nitrogens with two attached hydrogens (primary N) is 1. The lowest BCUT2D eigenvalue weighted by molar-refractivity contribution is -0.138. The van der Waals surface area contributed by atoms with Crippen molar-refractivity contribution in [3.63, 3.8) is 0 Å². The van der Waals surface area contributed by atoms with Gasteiger partial charge in [0.25, 0.3) is 0 Å². The molecule has 0 saturated carbocycles. The minimum Gasteiger partial charge on any atom is -0.481 e. The Hall–Kier alpha value is -2.74. The Morgan fingerprint density at radius 3 is 2.17 bits per heavy atom. The van der Waals surface area contributed by atoms with Crippen LogP contribution in [-0.4, -0.2) is 84.6 Å². The molecular formula is C23H43N7O6. The number of aliphatic carboxylic acids is 2. The van der Waals surface area contributed by atoms with Gasteiger partial charge in [-0.15, -0.1) is 0 Å². The number of carboxylic acids is 2. The second kappa shape index (κ2) is 16.8. The van der Waals surface area contributed by atoms with Crippen molar-refractivity contribution < 1.29 is 29.4 Å². The lowest BCUT2D eigenvalue weighted by atomic mass is 10.1. The average molecular weight is 514 g/mol. The third kappa shape index (κ3) is 14.0. The van der Waals surface area contributed by atoms with E-state index in [9.17, 15) is 19.2 Å². The summed E-state index contributed by atoms with van der Waals surface area (Å²) in [5.74, 6) is -2.15. The minimum atomic E-state index is -0.963. The van der Waals surface area contributed by atoms with E-state index < -0.39 is 17.6 Å². The monoisotopic (exact) mass is 513 g/mol. The summed E-state index contributed by atoms with van der Waals surface area (Å²) < 4.78 is 0. The van der Waals surface area contributed by atoms with E-state index in [-0.39, 0.29) is 75.0 Å². The fraction of sp³-hybridized carbons (Fsp3) is 0.739. The van der Waals surface area contributed by atoms with Crippen LogP contribution in [0.4, 0.5) is 0 Å². The molecule has 0 aliphatic carbocycles. The molecule has 0 bridgehead atoms. The van der Waals surface area contributed by atoms with Crippen LogP contribution in [0.5, 0.6) is 0 Å². The van der Waals surface area contributed by atoms with Crippen LogP contribution in [0.1, 0.15) is 52.4 Å². The summed E-state index contributed by atoms with van der Waals surface area (Å²) in [7, 11) is 0. The molecule has 2 amide bonds. The Bertz CT molecular complexity index is 750. The van der Waals surface area contributed by atoms with Crippen molar-refractivity contribution in [3.8, 4) is 0 Å². The van der Waals surface area contributed by atoms with Gasteiger partial charge in [-0.05, 0) is 51.0 Å². The fourth-order valence-corrected chi connectivity index (χ4v) is 3.75. The van der Waals surface area contributed by atoms with Gasteiger partial charge in [0.1, 0.15) is 5.66 Å². The standard InChI is InChI=1S/C23H43N7O6/c1-16-11-25-13-18(28-19(31)5-3-7-21(33)34)9-10-27-17(2)29-23(14-24,15-26-12-16)30-20(32)6-4-8-22(35)36/h9-10,16-18,25-27,29H,3-8,11-15,24H2,1-2H3,(H,28,31)(H,30,32)(H,33,34)(H,35,36)/t16?,17-,18+,23+/m1/s1. The summed E-state index contributed by atoms with van der Waals surface area (Å²) >= 11 is 0. The van der Waals surface area contributed by atoms with Gasteiger partial charge in [0, 0.05) is 45.3 Å². The first kappa shape index (κ1) is 31.3. The Kier molecular flexibility index (Phi) is 14.6. The maximum absolute atomic E-state index is 12.5. The Balaban J connectivity index is 2.84. The molecule has 0 aromatic heterocycles. The number of carbonyl (C=O) groups is 4. The van der Waals surface area contributed by atoms with Crippen LogP contribution < -0.4 is 37.6 Å². The quantitative estimate of drug-likeness (QED) is 0.157. The second-order valence-corrected chi connectivity index (χ2v) is 9.29. The molecule has 0 aromatic rings. The van der Waals surface area contributed by atoms with E-state index in [2.05, 4.69) is 38.8 Å². The molecule has 0 saturated heterocycles. The van der Waals surface area contributed by atoms with Crippen molar-refractivity contribution >= 4 is 23.8 Å². The summed E-state index contributed by atoms with van der Waals surface area (Å²) in [5.41, 5.74) is 5.12. The number of hydrogen-bond donors (Lipinski definition) is 9. The molecule has 4 atom stereocenters. The highest BCUT2D eigenvalue weighted by molar-refractivity contribution is 5.78. The van der Waals surface area contributed by atoms with Crippen LogP contribution in [0, 0.1) is 5.92 Å². The number of amides is 2. The van der Waals surface area contributed by atoms with Gasteiger partial charge in [0.15, 0.2) is 0 Å². The van der Waals surface area contributed by atoms with E-state index in [4.69, 9.17) is 15.9 Å². The van der Waals surface area contributed by atoms with E-state index in [1.165, 1.54) is 0 Å². The summed E-state index contributed by atoms with van der Waals surface area (Å²) in [5, 5.41) is 36.6. The molecule has 13 heteroatoms. The zero-order chi connectivity index (χ0) is 27.0. The van der Waals surface area contributed by atoms with Gasteiger partial charge in [0.05, 0.1) is 12.2 Å². The SMILES string of the molecule is CC1CNC[C@@H](NC(=O)CCCC(=O)O)C=CN[C@@H](C)N[C@@](CN)(NC(=O)CCCC(=O)O)CNC1. The number of nitrogens with one attached hydrogen (secondary N) is 6. The highest BCUT2D eigenvalue weighted by atomic mass is 16.4. The van der Waals surface area contributed by atoms with Gasteiger partial charge < -0.3 is 42.5 Å². The smallest absolute Gasteiger partial charge is 0.303 e. The molecule has 1 aliphatic heterocycles. The lowest BCUT2D eigenvalue weighted by Crippen LogP contribution is -2.71. The number of carboxylic acid groups (broad SMARTS) is 2. The largest absolute Gasteiger partial charge is 0.481 e. The van der Waals surface area contributed by atoms with Crippen LogP contribution >= 0.6 is 0 Å². The normalized spacial score (nSPS) is 25.7. The van der Waals surface area contributed by atoms with Crippen molar-refractivity contribution in [1.82, 2.24) is 31.9 Å². The number of rotatable bonds is 11. The van der Waals surface area contributed by atoms with Gasteiger partial charge >= 0.3 is 11.9 Å². The summed E-state index contributed by atoms with van der Waals surface area (Å²) in [6.45, 7) is 6.22. The van der Waals surface area contributed by atoms with Crippen molar-refractivity contribution in [2.24, 2.45) is 11.7 Å². The van der Waals surface area contributed by atoms with Crippen LogP contribution in [0.3, 0.4) is 0 Å². The highest BCUT2D eigenvalue weighted by Gasteiger charge is 2.31. The lowest BCUT2D eigenvalue weighted by Gasteiger charge is -2.38. The molecule has 36 heavy (non-hydrogen) atoms. The molecule has 1 heterocycles. The van der Waals surface area contributed by atoms with E-state index >= 15 is 0 Å². The van der Waals surface area contributed by atoms with Crippen LogP contribution in [-0.2, 0) is 19.2 Å². The van der Waals surface area contributed by atoms with Gasteiger partial charge in [-0.2, -0.15) is 0 Å². The predicted molar refractivity (Wildman–Crippen MR) is 135 cm³/mol. The predicted octanol–water partition coefficient (Wildman–Crippen LogP) is -1.38. The van der Waals surface area contributed by atoms with E-state index in [1.807, 2.05) is 13.0 Å². The zero-order valence-corrected chi connectivity index (χ0v) is 21.3. The van der Waals surface area contributed by atoms with Gasteiger partial charge in [-0.3, -0.25) is 24.5 Å². The van der Waals surface area contributed by atoms with Crippen molar-refractivity contribution in [3.05, 3.63) is 12.3 Å². The van der Waals surface area contributed by atoms with Crippen LogP contribution in [0.15, 0.2) is 12.3 Å². The third-order valence-electron chi connectivity index (χ3n) is 5.61. The molecule has 0 fully saturated rings. The van der Waals surface area contributed by atoms with Gasteiger partial charge in [-0.25, -0.2) is 0 Å². The first-order valence-electron chi connectivity index (χ1n) is 12.4. The molecule has 10 N–H and O–H groups in total. The Labute approximate surface area is 212 Å². The van der Waals surface area contributed by atoms with Crippen LogP contribution in [0.25, 0.3) is 0 Å². The molecular weight excluding hydrogens is 470 g/mol. The third-order valence-corrected chi connectivity index (χ3v) is 5.61. The maximum Gasteiger partial charge on any atom is 0.303 e. The summed E-state index contributed by atoms with van der Waals surface area (Å²) in [6, 6.07) is -0.307. The molecule has 1 rings (SSSR count). The topological polar surface area (TPSA) is 207 Å². The minimum absolute atomic E-state index is 0.0551. The molecule has 206 valence electrons. The molecule has 1 unspecified atom stereocenters. The Morgan fingerprint density at radius 2 is 1.56 bits per heavy atom. The molecule has 0 radical (unpaired) electrons. The van der Waals surface area contributed by atoms with Crippen molar-refractivity contribution in [2.75, 3.05) is 32.7 Å². The van der Waals surface area contributed by atoms with Crippen molar-refractivity contribution in [2.45, 2.75) is 70.2 Å². The zero-order valence-electron chi connectivity index (χ0n) is 21.3. The van der Waals surface area contributed by atoms with Crippen molar-refractivity contribution in [1.29, 1.82) is 0 Å². The first-order chi connectivity index (χ1) is 17.0. The molecule has 1 aliphatic rings. The fourth-order valence-electron chi connectivity index (χ4n) is 3.75. The maximum atomic E-state index is 12.5. The van der Waals surface area contributed by atoms with E-state index in [0.717, 1.165) is 0 Å².